The smallest absolute Gasteiger partial charge is 0.410 e. The molecular weight excluding hydrogens is 524 g/mol. The van der Waals surface area contributed by atoms with Crippen LogP contribution in [-0.2, 0) is 10.3 Å². The van der Waals surface area contributed by atoms with Crippen molar-refractivity contribution in [2.75, 3.05) is 13.1 Å². The van der Waals surface area contributed by atoms with Crippen molar-refractivity contribution in [1.82, 2.24) is 24.4 Å². The number of hydrogen-bond acceptors (Lipinski definition) is 7. The van der Waals surface area contributed by atoms with E-state index in [-0.39, 0.29) is 35.8 Å². The molecule has 4 heterocycles. The molecule has 1 aromatic carbocycles. The van der Waals surface area contributed by atoms with Crippen LogP contribution < -0.4 is 5.69 Å². The van der Waals surface area contributed by atoms with E-state index in [4.69, 9.17) is 4.74 Å². The lowest BCUT2D eigenvalue weighted by Gasteiger charge is -2.33. The molecule has 2 aliphatic rings. The second-order valence-corrected chi connectivity index (χ2v) is 10.0. The van der Waals surface area contributed by atoms with E-state index in [1.807, 2.05) is 6.07 Å². The number of likely N-dealkylation sites (tertiary alicyclic amines) is 1. The summed E-state index contributed by atoms with van der Waals surface area (Å²) in [6, 6.07) is 9.62. The Morgan fingerprint density at radius 1 is 1.02 bits per heavy atom. The zero-order valence-electron chi connectivity index (χ0n) is 21.2. The van der Waals surface area contributed by atoms with Gasteiger partial charge in [0, 0.05) is 42.7 Å². The van der Waals surface area contributed by atoms with Gasteiger partial charge in [-0.3, -0.25) is 19.3 Å². The fraction of sp³-hybridized carbons (Fsp3) is 0.321. The molecule has 1 saturated heterocycles. The van der Waals surface area contributed by atoms with Gasteiger partial charge < -0.3 is 14.7 Å². The van der Waals surface area contributed by atoms with Gasteiger partial charge in [-0.2, -0.15) is 0 Å². The Morgan fingerprint density at radius 3 is 2.58 bits per heavy atom. The van der Waals surface area contributed by atoms with Crippen LogP contribution in [-0.4, -0.2) is 54.5 Å². The van der Waals surface area contributed by atoms with E-state index in [0.29, 0.717) is 37.1 Å². The van der Waals surface area contributed by atoms with E-state index in [0.717, 1.165) is 12.1 Å². The highest BCUT2D eigenvalue weighted by Gasteiger charge is 2.46. The molecule has 12 heteroatoms. The number of fused-ring (bicyclic) bond motifs is 2. The number of aromatic nitrogens is 4. The topological polar surface area (TPSA) is 130 Å². The van der Waals surface area contributed by atoms with Crippen LogP contribution in [0.4, 0.5) is 13.6 Å². The fourth-order valence-corrected chi connectivity index (χ4v) is 5.70. The van der Waals surface area contributed by atoms with Crippen molar-refractivity contribution in [3.05, 3.63) is 93.8 Å². The molecule has 3 aromatic heterocycles. The standard InChI is InChI=1S/C28H25F2N5O5/c29-19-6-1-5-18(22(19)30)28(39)11-8-21(23-17(24(28)36)4-2-12-31-23)40-27(38)34-14-9-16(10-15-34)35-20-7-3-13-32-25(20)33-26(35)37/h1-7,12-13,16,21,39H,8-11,14-15H2,(H,32,33,37)/t21-,28-/m1/s1. The number of rotatable bonds is 3. The lowest BCUT2D eigenvalue weighted by molar-refractivity contribution is 0.0108. The van der Waals surface area contributed by atoms with Gasteiger partial charge in [-0.05, 0) is 56.0 Å². The lowest BCUT2D eigenvalue weighted by Crippen LogP contribution is -2.41. The third-order valence-corrected chi connectivity index (χ3v) is 7.75. The van der Waals surface area contributed by atoms with E-state index in [9.17, 15) is 28.3 Å². The number of amides is 1. The Hall–Kier alpha value is -4.45. The normalized spacial score (nSPS) is 21.7. The summed E-state index contributed by atoms with van der Waals surface area (Å²) in [7, 11) is 0. The number of H-pyrrole nitrogens is 1. The zero-order chi connectivity index (χ0) is 28.0. The average molecular weight is 550 g/mol. The van der Waals surface area contributed by atoms with Gasteiger partial charge >= 0.3 is 11.8 Å². The maximum absolute atomic E-state index is 14.7. The number of halogens is 2. The quantitative estimate of drug-likeness (QED) is 0.372. The maximum Gasteiger partial charge on any atom is 0.410 e. The number of pyridine rings is 2. The molecular formula is C28H25F2N5O5. The number of nitrogens with zero attached hydrogens (tertiary/aromatic N) is 4. The number of ether oxygens (including phenoxy) is 1. The van der Waals surface area contributed by atoms with Crippen molar-refractivity contribution in [3.63, 3.8) is 0 Å². The molecule has 0 bridgehead atoms. The third-order valence-electron chi connectivity index (χ3n) is 7.75. The molecule has 10 nitrogen and oxygen atoms in total. The Balaban J connectivity index is 1.20. The van der Waals surface area contributed by atoms with E-state index >= 15 is 0 Å². The maximum atomic E-state index is 14.7. The molecule has 1 aliphatic heterocycles. The number of benzene rings is 1. The lowest BCUT2D eigenvalue weighted by atomic mass is 9.83. The molecule has 40 heavy (non-hydrogen) atoms. The van der Waals surface area contributed by atoms with Crippen molar-refractivity contribution in [1.29, 1.82) is 0 Å². The predicted molar refractivity (Wildman–Crippen MR) is 137 cm³/mol. The van der Waals surface area contributed by atoms with Crippen LogP contribution in [0.2, 0.25) is 0 Å². The summed E-state index contributed by atoms with van der Waals surface area (Å²) < 4.78 is 36.1. The number of carbonyl (C=O) groups is 2. The number of piperidine rings is 1. The van der Waals surface area contributed by atoms with Crippen LogP contribution in [0.5, 0.6) is 0 Å². The van der Waals surface area contributed by atoms with Crippen LogP contribution in [0, 0.1) is 11.6 Å². The molecule has 0 spiro atoms. The summed E-state index contributed by atoms with van der Waals surface area (Å²) in [5.74, 6) is -3.35. The van der Waals surface area contributed by atoms with Gasteiger partial charge in [0.05, 0.1) is 11.2 Å². The van der Waals surface area contributed by atoms with Crippen molar-refractivity contribution in [3.8, 4) is 0 Å². The summed E-state index contributed by atoms with van der Waals surface area (Å²) >= 11 is 0. The monoisotopic (exact) mass is 549 g/mol. The summed E-state index contributed by atoms with van der Waals surface area (Å²) in [4.78, 5) is 51.9. The van der Waals surface area contributed by atoms with Crippen molar-refractivity contribution >= 4 is 23.0 Å². The second kappa shape index (κ2) is 9.94. The third kappa shape index (κ3) is 4.24. The van der Waals surface area contributed by atoms with Gasteiger partial charge in [0.1, 0.15) is 6.10 Å². The van der Waals surface area contributed by atoms with Crippen LogP contribution in [0.3, 0.4) is 0 Å². The Bertz CT molecular complexity index is 1680. The molecule has 1 aliphatic carbocycles. The zero-order valence-corrected chi connectivity index (χ0v) is 21.2. The molecule has 1 fully saturated rings. The number of carbonyl (C=O) groups excluding carboxylic acids is 2. The molecule has 1 amide bonds. The highest BCUT2D eigenvalue weighted by molar-refractivity contribution is 6.04. The summed E-state index contributed by atoms with van der Waals surface area (Å²) in [5.41, 5.74) is -1.81. The molecule has 0 radical (unpaired) electrons. The van der Waals surface area contributed by atoms with E-state index in [1.165, 1.54) is 29.3 Å². The largest absolute Gasteiger partial charge is 0.440 e. The first kappa shape index (κ1) is 25.8. The molecule has 6 rings (SSSR count). The molecule has 0 unspecified atom stereocenters. The second-order valence-electron chi connectivity index (χ2n) is 10.0. The number of aliphatic hydroxyl groups is 1. The number of Topliss-reactive ketones (excluding diaryl/α,β-unsaturated/α-hetero) is 1. The molecule has 4 aromatic rings. The van der Waals surface area contributed by atoms with Crippen molar-refractivity contribution in [2.24, 2.45) is 0 Å². The number of aromatic amines is 1. The molecule has 2 N–H and O–H groups in total. The first-order chi connectivity index (χ1) is 19.3. The summed E-state index contributed by atoms with van der Waals surface area (Å²) in [6.07, 6.45) is 2.04. The summed E-state index contributed by atoms with van der Waals surface area (Å²) in [6.45, 7) is 0.643. The van der Waals surface area contributed by atoms with Crippen molar-refractivity contribution < 1.29 is 28.2 Å². The van der Waals surface area contributed by atoms with E-state index < -0.39 is 40.8 Å². The first-order valence-corrected chi connectivity index (χ1v) is 13.0. The van der Waals surface area contributed by atoms with E-state index in [1.54, 1.807) is 16.8 Å². The Labute approximate surface area is 226 Å². The fourth-order valence-electron chi connectivity index (χ4n) is 5.70. The van der Waals surface area contributed by atoms with Crippen LogP contribution in [0.1, 0.15) is 59.4 Å². The SMILES string of the molecule is O=C(O[C@@H]1CC[C@@](O)(c2cccc(F)c2F)C(=O)c2cccnc21)N1CCC(n2c(=O)[nH]c3ncccc32)CC1. The van der Waals surface area contributed by atoms with Gasteiger partial charge in [-0.1, -0.05) is 12.1 Å². The minimum Gasteiger partial charge on any atom is -0.440 e. The first-order valence-electron chi connectivity index (χ1n) is 13.0. The van der Waals surface area contributed by atoms with Gasteiger partial charge in [0.25, 0.3) is 0 Å². The number of hydrogen-bond donors (Lipinski definition) is 2. The molecule has 2 atom stereocenters. The van der Waals surface area contributed by atoms with Gasteiger partial charge in [-0.15, -0.1) is 0 Å². The van der Waals surface area contributed by atoms with Gasteiger partial charge in [0.2, 0.25) is 5.78 Å². The van der Waals surface area contributed by atoms with E-state index in [2.05, 4.69) is 15.0 Å². The predicted octanol–water partition coefficient (Wildman–Crippen LogP) is 3.78. The van der Waals surface area contributed by atoms with Crippen LogP contribution in [0.15, 0.2) is 59.7 Å². The highest BCUT2D eigenvalue weighted by Crippen LogP contribution is 2.41. The number of imidazole rings is 1. The minimum atomic E-state index is -2.37. The van der Waals surface area contributed by atoms with Crippen LogP contribution in [0.25, 0.3) is 11.2 Å². The molecule has 206 valence electrons. The number of nitrogens with one attached hydrogen (secondary N) is 1. The number of ketones is 1. The van der Waals surface area contributed by atoms with Crippen molar-refractivity contribution in [2.45, 2.75) is 43.4 Å². The minimum absolute atomic E-state index is 0.0324. The van der Waals surface area contributed by atoms with Gasteiger partial charge in [0.15, 0.2) is 22.9 Å². The Morgan fingerprint density at radius 2 is 1.77 bits per heavy atom. The molecule has 0 saturated carbocycles. The summed E-state index contributed by atoms with van der Waals surface area (Å²) in [5, 5.41) is 11.4. The van der Waals surface area contributed by atoms with Gasteiger partial charge in [-0.25, -0.2) is 23.4 Å². The highest BCUT2D eigenvalue weighted by atomic mass is 19.2. The average Bonchev–Trinajstić information content (AvgIpc) is 3.26. The van der Waals surface area contributed by atoms with Crippen LogP contribution >= 0.6 is 0 Å². The Kier molecular flexibility index (Phi) is 6.41.